The minimum atomic E-state index is -0.219. The first-order chi connectivity index (χ1) is 9.73. The average Bonchev–Trinajstić information content (AvgIpc) is 2.98. The lowest BCUT2D eigenvalue weighted by molar-refractivity contribution is 0.301. The summed E-state index contributed by atoms with van der Waals surface area (Å²) in [6.45, 7) is 0. The van der Waals surface area contributed by atoms with Crippen LogP contribution in [-0.2, 0) is 5.54 Å². The van der Waals surface area contributed by atoms with Gasteiger partial charge in [0.2, 0.25) is 0 Å². The minimum Gasteiger partial charge on any atom is -0.496 e. The van der Waals surface area contributed by atoms with Crippen LogP contribution >= 0.6 is 11.3 Å². The quantitative estimate of drug-likeness (QED) is 0.930. The van der Waals surface area contributed by atoms with E-state index in [4.69, 9.17) is 15.5 Å². The van der Waals surface area contributed by atoms with Crippen molar-refractivity contribution in [3.63, 3.8) is 0 Å². The Morgan fingerprint density at radius 1 is 1.20 bits per heavy atom. The predicted octanol–water partition coefficient (Wildman–Crippen LogP) is 3.94. The van der Waals surface area contributed by atoms with Gasteiger partial charge in [-0.15, -0.1) is 11.3 Å². The van der Waals surface area contributed by atoms with Gasteiger partial charge in [0.1, 0.15) is 10.8 Å². The molecule has 1 aromatic heterocycles. The van der Waals surface area contributed by atoms with Crippen molar-refractivity contribution in [2.24, 2.45) is 5.73 Å². The predicted molar refractivity (Wildman–Crippen MR) is 83.1 cm³/mol. The second-order valence-electron chi connectivity index (χ2n) is 5.45. The highest BCUT2D eigenvalue weighted by molar-refractivity contribution is 7.10. The molecular formula is C16H20N2OS. The van der Waals surface area contributed by atoms with Gasteiger partial charge in [-0.1, -0.05) is 31.4 Å². The van der Waals surface area contributed by atoms with Crippen LogP contribution in [0.25, 0.3) is 11.3 Å². The molecular weight excluding hydrogens is 268 g/mol. The minimum absolute atomic E-state index is 0.219. The zero-order valence-corrected chi connectivity index (χ0v) is 12.6. The van der Waals surface area contributed by atoms with E-state index < -0.39 is 0 Å². The van der Waals surface area contributed by atoms with Gasteiger partial charge >= 0.3 is 0 Å². The van der Waals surface area contributed by atoms with E-state index in [0.29, 0.717) is 0 Å². The first-order valence-electron chi connectivity index (χ1n) is 7.11. The van der Waals surface area contributed by atoms with Crippen molar-refractivity contribution < 1.29 is 4.74 Å². The SMILES string of the molecule is COc1ccccc1-c1csc(C2(N)CCCCC2)n1. The van der Waals surface area contributed by atoms with Gasteiger partial charge in [-0.05, 0) is 25.0 Å². The van der Waals surface area contributed by atoms with E-state index in [2.05, 4.69) is 5.38 Å². The molecule has 1 aliphatic carbocycles. The Morgan fingerprint density at radius 3 is 2.70 bits per heavy atom. The lowest BCUT2D eigenvalue weighted by Crippen LogP contribution is -2.38. The van der Waals surface area contributed by atoms with Crippen LogP contribution in [0.2, 0.25) is 0 Å². The fourth-order valence-corrected chi connectivity index (χ4v) is 3.87. The van der Waals surface area contributed by atoms with Gasteiger partial charge in [-0.25, -0.2) is 4.98 Å². The number of thiazole rings is 1. The molecule has 4 heteroatoms. The third-order valence-corrected chi connectivity index (χ3v) is 5.12. The first kappa shape index (κ1) is 13.6. The Hall–Kier alpha value is -1.39. The summed E-state index contributed by atoms with van der Waals surface area (Å²) in [7, 11) is 1.69. The van der Waals surface area contributed by atoms with Gasteiger partial charge < -0.3 is 10.5 Å². The van der Waals surface area contributed by atoms with Crippen LogP contribution in [0.4, 0.5) is 0 Å². The van der Waals surface area contributed by atoms with E-state index in [1.165, 1.54) is 19.3 Å². The maximum Gasteiger partial charge on any atom is 0.128 e. The smallest absolute Gasteiger partial charge is 0.128 e. The number of nitrogens with two attached hydrogens (primary N) is 1. The zero-order chi connectivity index (χ0) is 14.0. The van der Waals surface area contributed by atoms with Gasteiger partial charge in [0, 0.05) is 10.9 Å². The van der Waals surface area contributed by atoms with E-state index in [0.717, 1.165) is 34.9 Å². The normalized spacial score (nSPS) is 17.9. The molecule has 0 bridgehead atoms. The average molecular weight is 288 g/mol. The lowest BCUT2D eigenvalue weighted by Gasteiger charge is -2.31. The molecule has 2 N–H and O–H groups in total. The third-order valence-electron chi connectivity index (χ3n) is 4.06. The van der Waals surface area contributed by atoms with Gasteiger partial charge in [0.15, 0.2) is 0 Å². The maximum absolute atomic E-state index is 6.56. The van der Waals surface area contributed by atoms with Crippen molar-refractivity contribution in [3.8, 4) is 17.0 Å². The first-order valence-corrected chi connectivity index (χ1v) is 7.99. The van der Waals surface area contributed by atoms with Gasteiger partial charge in [0.25, 0.3) is 0 Å². The van der Waals surface area contributed by atoms with E-state index in [9.17, 15) is 0 Å². The Kier molecular flexibility index (Phi) is 3.76. The number of hydrogen-bond donors (Lipinski definition) is 1. The molecule has 20 heavy (non-hydrogen) atoms. The number of ether oxygens (including phenoxy) is 1. The fraction of sp³-hybridized carbons (Fsp3) is 0.438. The second-order valence-corrected chi connectivity index (χ2v) is 6.31. The van der Waals surface area contributed by atoms with Crippen LogP contribution < -0.4 is 10.5 Å². The summed E-state index contributed by atoms with van der Waals surface area (Å²) in [5.41, 5.74) is 8.35. The molecule has 0 saturated heterocycles. The number of benzene rings is 1. The molecule has 0 atom stereocenters. The molecule has 0 radical (unpaired) electrons. The molecule has 0 amide bonds. The molecule has 1 aromatic carbocycles. The lowest BCUT2D eigenvalue weighted by atomic mass is 9.83. The van der Waals surface area contributed by atoms with Crippen molar-refractivity contribution in [1.82, 2.24) is 4.98 Å². The van der Waals surface area contributed by atoms with Crippen LogP contribution in [0.15, 0.2) is 29.6 Å². The molecule has 0 unspecified atom stereocenters. The van der Waals surface area contributed by atoms with Crippen molar-refractivity contribution in [1.29, 1.82) is 0 Å². The highest BCUT2D eigenvalue weighted by Crippen LogP contribution is 2.39. The highest BCUT2D eigenvalue weighted by Gasteiger charge is 2.32. The Bertz CT molecular complexity index is 588. The zero-order valence-electron chi connectivity index (χ0n) is 11.8. The topological polar surface area (TPSA) is 48.1 Å². The largest absolute Gasteiger partial charge is 0.496 e. The highest BCUT2D eigenvalue weighted by atomic mass is 32.1. The number of nitrogens with zero attached hydrogens (tertiary/aromatic N) is 1. The Morgan fingerprint density at radius 2 is 1.95 bits per heavy atom. The standard InChI is InChI=1S/C16H20N2OS/c1-19-14-8-4-3-7-12(14)13-11-20-15(18-13)16(17)9-5-2-6-10-16/h3-4,7-8,11H,2,5-6,9-10,17H2,1H3. The summed E-state index contributed by atoms with van der Waals surface area (Å²) in [5, 5.41) is 3.16. The van der Waals surface area contributed by atoms with Crippen LogP contribution in [0.1, 0.15) is 37.1 Å². The molecule has 106 valence electrons. The van der Waals surface area contributed by atoms with Crippen molar-refractivity contribution in [2.75, 3.05) is 7.11 Å². The Balaban J connectivity index is 1.94. The molecule has 1 heterocycles. The number of para-hydroxylation sites is 1. The van der Waals surface area contributed by atoms with E-state index in [-0.39, 0.29) is 5.54 Å². The summed E-state index contributed by atoms with van der Waals surface area (Å²) in [5.74, 6) is 0.860. The van der Waals surface area contributed by atoms with E-state index in [1.54, 1.807) is 18.4 Å². The number of aromatic nitrogens is 1. The molecule has 3 rings (SSSR count). The van der Waals surface area contributed by atoms with E-state index >= 15 is 0 Å². The summed E-state index contributed by atoms with van der Waals surface area (Å²) < 4.78 is 5.41. The van der Waals surface area contributed by atoms with Crippen LogP contribution in [0.5, 0.6) is 5.75 Å². The Labute approximate surface area is 123 Å². The summed E-state index contributed by atoms with van der Waals surface area (Å²) >= 11 is 1.68. The number of hydrogen-bond acceptors (Lipinski definition) is 4. The summed E-state index contributed by atoms with van der Waals surface area (Å²) in [4.78, 5) is 4.80. The molecule has 1 aliphatic rings. The van der Waals surface area contributed by atoms with Crippen LogP contribution in [0.3, 0.4) is 0 Å². The number of methoxy groups -OCH3 is 1. The molecule has 0 aliphatic heterocycles. The van der Waals surface area contributed by atoms with Crippen LogP contribution in [0, 0.1) is 0 Å². The van der Waals surface area contributed by atoms with Gasteiger partial charge in [-0.3, -0.25) is 0 Å². The second kappa shape index (κ2) is 5.54. The van der Waals surface area contributed by atoms with Gasteiger partial charge in [-0.2, -0.15) is 0 Å². The monoisotopic (exact) mass is 288 g/mol. The third kappa shape index (κ3) is 2.45. The maximum atomic E-state index is 6.56. The molecule has 1 fully saturated rings. The molecule has 0 spiro atoms. The molecule has 3 nitrogen and oxygen atoms in total. The van der Waals surface area contributed by atoms with Crippen LogP contribution in [-0.4, -0.2) is 12.1 Å². The summed E-state index contributed by atoms with van der Waals surface area (Å²) in [6.07, 6.45) is 5.81. The van der Waals surface area contributed by atoms with Crippen molar-refractivity contribution >= 4 is 11.3 Å². The van der Waals surface area contributed by atoms with Crippen molar-refractivity contribution in [3.05, 3.63) is 34.7 Å². The summed E-state index contributed by atoms with van der Waals surface area (Å²) in [6, 6.07) is 7.99. The fourth-order valence-electron chi connectivity index (χ4n) is 2.88. The van der Waals surface area contributed by atoms with E-state index in [1.807, 2.05) is 24.3 Å². The van der Waals surface area contributed by atoms with Gasteiger partial charge in [0.05, 0.1) is 18.3 Å². The molecule has 1 saturated carbocycles. The number of rotatable bonds is 3. The van der Waals surface area contributed by atoms with Crippen molar-refractivity contribution in [2.45, 2.75) is 37.6 Å². The molecule has 2 aromatic rings.